The molecule has 2 heterocycles. The number of nitrogens with zero attached hydrogens (tertiary/aromatic N) is 2. The number of aliphatic hydroxyl groups excluding tert-OH is 1. The predicted octanol–water partition coefficient (Wildman–Crippen LogP) is 6.77. The number of ketones is 1. The Morgan fingerprint density at radius 2 is 1.83 bits per heavy atom. The highest BCUT2D eigenvalue weighted by Crippen LogP contribution is 2.45. The van der Waals surface area contributed by atoms with Gasteiger partial charge in [-0.15, -0.1) is 0 Å². The van der Waals surface area contributed by atoms with Crippen molar-refractivity contribution >= 4 is 67.3 Å². The number of hydrogen-bond donors (Lipinski definition) is 1. The summed E-state index contributed by atoms with van der Waals surface area (Å²) in [6, 6.07) is 14.0. The average molecular weight is 543 g/mol. The van der Waals surface area contributed by atoms with Crippen LogP contribution in [0.4, 0.5) is 9.52 Å². The minimum Gasteiger partial charge on any atom is -0.507 e. The largest absolute Gasteiger partial charge is 0.507 e. The fourth-order valence-corrected chi connectivity index (χ4v) is 5.37. The van der Waals surface area contributed by atoms with Gasteiger partial charge in [0.1, 0.15) is 17.3 Å². The molecule has 0 radical (unpaired) electrons. The lowest BCUT2D eigenvalue weighted by atomic mass is 9.95. The Morgan fingerprint density at radius 1 is 1.08 bits per heavy atom. The van der Waals surface area contributed by atoms with E-state index in [1.807, 2.05) is 13.0 Å². The van der Waals surface area contributed by atoms with Gasteiger partial charge in [-0.25, -0.2) is 9.37 Å². The molecule has 182 valence electrons. The molecule has 36 heavy (non-hydrogen) atoms. The van der Waals surface area contributed by atoms with Crippen molar-refractivity contribution in [3.05, 3.63) is 93.2 Å². The number of benzene rings is 3. The molecule has 1 unspecified atom stereocenters. The standard InChI is InChI=1S/C26H17Cl2FN2O4S/c1-2-35-16-8-10-19-20(12-16)36-26(30-19)31-22(14-5-9-17(27)18(28)11-14)21(24(33)25(31)34)23(32)13-3-6-15(29)7-4-13/h3-12,22,32H,2H2,1H3. The molecule has 1 fully saturated rings. The van der Waals surface area contributed by atoms with Gasteiger partial charge in [0.15, 0.2) is 5.13 Å². The minimum atomic E-state index is -1.04. The number of aromatic nitrogens is 1. The number of hydrogen-bond acceptors (Lipinski definition) is 6. The zero-order valence-corrected chi connectivity index (χ0v) is 21.0. The lowest BCUT2D eigenvalue weighted by Crippen LogP contribution is -2.29. The number of amides is 1. The Hall–Kier alpha value is -3.46. The van der Waals surface area contributed by atoms with Gasteiger partial charge in [-0.2, -0.15) is 0 Å². The van der Waals surface area contributed by atoms with E-state index < -0.39 is 29.3 Å². The zero-order chi connectivity index (χ0) is 25.6. The Morgan fingerprint density at radius 3 is 2.53 bits per heavy atom. The van der Waals surface area contributed by atoms with Crippen molar-refractivity contribution in [3.63, 3.8) is 0 Å². The molecule has 1 N–H and O–H groups in total. The first-order valence-electron chi connectivity index (χ1n) is 10.8. The molecule has 0 bridgehead atoms. The Bertz CT molecular complexity index is 1550. The highest BCUT2D eigenvalue weighted by Gasteiger charge is 2.48. The molecular formula is C26H17Cl2FN2O4S. The van der Waals surface area contributed by atoms with Crippen molar-refractivity contribution in [2.24, 2.45) is 0 Å². The molecule has 1 atom stereocenters. The van der Waals surface area contributed by atoms with Crippen molar-refractivity contribution in [1.29, 1.82) is 0 Å². The summed E-state index contributed by atoms with van der Waals surface area (Å²) in [6.07, 6.45) is 0. The van der Waals surface area contributed by atoms with Crippen LogP contribution in [0.3, 0.4) is 0 Å². The molecule has 5 rings (SSSR count). The molecule has 1 aromatic heterocycles. The van der Waals surface area contributed by atoms with Gasteiger partial charge in [0, 0.05) is 5.56 Å². The van der Waals surface area contributed by atoms with Crippen LogP contribution < -0.4 is 9.64 Å². The smallest absolute Gasteiger partial charge is 0.301 e. The first-order valence-corrected chi connectivity index (χ1v) is 12.4. The fourth-order valence-electron chi connectivity index (χ4n) is 4.04. The van der Waals surface area contributed by atoms with E-state index in [-0.39, 0.29) is 21.3 Å². The molecule has 4 aromatic rings. The van der Waals surface area contributed by atoms with Crippen LogP contribution in [-0.4, -0.2) is 28.4 Å². The van der Waals surface area contributed by atoms with E-state index in [9.17, 15) is 19.1 Å². The second kappa shape index (κ2) is 9.54. The number of halogens is 3. The second-order valence-electron chi connectivity index (χ2n) is 7.91. The number of thiazole rings is 1. The number of aliphatic hydroxyl groups is 1. The molecule has 0 aliphatic carbocycles. The molecular weight excluding hydrogens is 526 g/mol. The normalized spacial score (nSPS) is 17.2. The summed E-state index contributed by atoms with van der Waals surface area (Å²) >= 11 is 13.6. The minimum absolute atomic E-state index is 0.167. The molecule has 3 aromatic carbocycles. The lowest BCUT2D eigenvalue weighted by Gasteiger charge is -2.23. The van der Waals surface area contributed by atoms with E-state index in [2.05, 4.69) is 4.98 Å². The predicted molar refractivity (Wildman–Crippen MR) is 138 cm³/mol. The lowest BCUT2D eigenvalue weighted by molar-refractivity contribution is -0.132. The third-order valence-corrected chi connectivity index (χ3v) is 7.44. The third kappa shape index (κ3) is 4.21. The van der Waals surface area contributed by atoms with Gasteiger partial charge in [-0.05, 0) is 67.1 Å². The summed E-state index contributed by atoms with van der Waals surface area (Å²) in [4.78, 5) is 32.4. The van der Waals surface area contributed by atoms with Gasteiger partial charge < -0.3 is 9.84 Å². The maximum atomic E-state index is 13.5. The monoisotopic (exact) mass is 542 g/mol. The number of carbonyl (C=O) groups is 2. The number of carbonyl (C=O) groups excluding carboxylic acids is 2. The summed E-state index contributed by atoms with van der Waals surface area (Å²) in [5.41, 5.74) is 1.08. The van der Waals surface area contributed by atoms with E-state index in [0.717, 1.165) is 16.8 Å². The Labute approximate surface area is 219 Å². The molecule has 6 nitrogen and oxygen atoms in total. The maximum Gasteiger partial charge on any atom is 0.301 e. The van der Waals surface area contributed by atoms with Crippen LogP contribution in [0.2, 0.25) is 10.0 Å². The first-order chi connectivity index (χ1) is 17.3. The Balaban J connectivity index is 1.71. The van der Waals surface area contributed by atoms with Gasteiger partial charge >= 0.3 is 5.91 Å². The van der Waals surface area contributed by atoms with Crippen molar-refractivity contribution in [1.82, 2.24) is 4.98 Å². The summed E-state index contributed by atoms with van der Waals surface area (Å²) in [5, 5.41) is 11.9. The highest BCUT2D eigenvalue weighted by molar-refractivity contribution is 7.22. The molecule has 0 spiro atoms. The maximum absolute atomic E-state index is 13.5. The van der Waals surface area contributed by atoms with Crippen LogP contribution in [0.5, 0.6) is 5.75 Å². The van der Waals surface area contributed by atoms with Gasteiger partial charge in [0.2, 0.25) is 0 Å². The Kier molecular flexibility index (Phi) is 6.42. The van der Waals surface area contributed by atoms with Crippen molar-refractivity contribution in [3.8, 4) is 5.75 Å². The van der Waals surface area contributed by atoms with E-state index in [1.54, 1.807) is 24.3 Å². The number of fused-ring (bicyclic) bond motifs is 1. The SMILES string of the molecule is CCOc1ccc2nc(N3C(=O)C(=O)C(=C(O)c4ccc(F)cc4)C3c3ccc(Cl)c(Cl)c3)sc2c1. The molecule has 1 amide bonds. The fraction of sp³-hybridized carbons (Fsp3) is 0.115. The van der Waals surface area contributed by atoms with Crippen molar-refractivity contribution in [2.45, 2.75) is 13.0 Å². The van der Waals surface area contributed by atoms with Crippen LogP contribution in [0.1, 0.15) is 24.1 Å². The first kappa shape index (κ1) is 24.2. The summed E-state index contributed by atoms with van der Waals surface area (Å²) in [5.74, 6) is -2.05. The van der Waals surface area contributed by atoms with Gasteiger partial charge in [0.05, 0.1) is 38.5 Å². The van der Waals surface area contributed by atoms with E-state index in [1.165, 1.54) is 34.4 Å². The van der Waals surface area contributed by atoms with E-state index in [4.69, 9.17) is 27.9 Å². The summed E-state index contributed by atoms with van der Waals surface area (Å²) in [7, 11) is 0. The number of anilines is 1. The van der Waals surface area contributed by atoms with Crippen LogP contribution in [0.25, 0.3) is 16.0 Å². The number of ether oxygens (including phenoxy) is 1. The van der Waals surface area contributed by atoms with E-state index >= 15 is 0 Å². The van der Waals surface area contributed by atoms with Crippen molar-refractivity contribution in [2.75, 3.05) is 11.5 Å². The third-order valence-electron chi connectivity index (χ3n) is 5.69. The molecule has 1 saturated heterocycles. The van der Waals surface area contributed by atoms with Gasteiger partial charge in [-0.1, -0.05) is 40.6 Å². The molecule has 10 heteroatoms. The van der Waals surface area contributed by atoms with E-state index in [0.29, 0.717) is 28.5 Å². The van der Waals surface area contributed by atoms with Crippen LogP contribution in [0, 0.1) is 5.82 Å². The molecule has 0 saturated carbocycles. The van der Waals surface area contributed by atoms with Crippen LogP contribution >= 0.6 is 34.5 Å². The number of rotatable bonds is 5. The molecule has 1 aliphatic heterocycles. The van der Waals surface area contributed by atoms with Crippen molar-refractivity contribution < 1.29 is 23.8 Å². The quantitative estimate of drug-likeness (QED) is 0.171. The summed E-state index contributed by atoms with van der Waals surface area (Å²) in [6.45, 7) is 2.37. The highest BCUT2D eigenvalue weighted by atomic mass is 35.5. The average Bonchev–Trinajstić information content (AvgIpc) is 3.39. The second-order valence-corrected chi connectivity index (χ2v) is 9.73. The van der Waals surface area contributed by atoms with Gasteiger partial charge in [0.25, 0.3) is 5.78 Å². The zero-order valence-electron chi connectivity index (χ0n) is 18.7. The van der Waals surface area contributed by atoms with Crippen LogP contribution in [0.15, 0.2) is 66.2 Å². The topological polar surface area (TPSA) is 79.7 Å². The number of Topliss-reactive ketones (excluding diaryl/α,β-unsaturated/α-hetero) is 1. The molecule has 1 aliphatic rings. The summed E-state index contributed by atoms with van der Waals surface area (Å²) < 4.78 is 19.8. The van der Waals surface area contributed by atoms with Crippen LogP contribution in [-0.2, 0) is 9.59 Å². The van der Waals surface area contributed by atoms with Gasteiger partial charge in [-0.3, -0.25) is 14.5 Å².